The van der Waals surface area contributed by atoms with E-state index >= 15 is 0 Å². The number of carbonyl (C=O) groups excluding carboxylic acids is 1. The Morgan fingerprint density at radius 1 is 0.875 bits per heavy atom. The summed E-state index contributed by atoms with van der Waals surface area (Å²) in [6, 6.07) is 0. The van der Waals surface area contributed by atoms with Gasteiger partial charge in [-0.3, -0.25) is 4.79 Å². The number of esters is 1. The zero-order chi connectivity index (χ0) is 23.7. The van der Waals surface area contributed by atoms with Crippen LogP contribution in [0.2, 0.25) is 0 Å². The molecule has 0 aromatic rings. The van der Waals surface area contributed by atoms with Gasteiger partial charge in [-0.2, -0.15) is 0 Å². The molecule has 0 unspecified atom stereocenters. The third-order valence-corrected chi connectivity index (χ3v) is 5.45. The zero-order valence-electron chi connectivity index (χ0n) is 21.1. The number of rotatable bonds is 15. The van der Waals surface area contributed by atoms with Crippen LogP contribution in [0.4, 0.5) is 0 Å². The second-order valence-corrected chi connectivity index (χ2v) is 9.44. The van der Waals surface area contributed by atoms with E-state index in [1.165, 1.54) is 25.7 Å². The summed E-state index contributed by atoms with van der Waals surface area (Å²) in [5.74, 6) is -0.362. The Bertz CT molecular complexity index is 617. The third kappa shape index (κ3) is 13.0. The van der Waals surface area contributed by atoms with Gasteiger partial charge in [0.15, 0.2) is 5.79 Å². The van der Waals surface area contributed by atoms with E-state index in [-0.39, 0.29) is 5.97 Å². The molecule has 1 aliphatic rings. The molecule has 1 fully saturated rings. The first kappa shape index (κ1) is 28.4. The highest BCUT2D eigenvalue weighted by atomic mass is 16.7. The Labute approximate surface area is 196 Å². The molecule has 0 aliphatic carbocycles. The maximum absolute atomic E-state index is 12.3. The fraction of sp³-hybridized carbons (Fsp3) is 0.679. The molecule has 1 aliphatic heterocycles. The van der Waals surface area contributed by atoms with Crippen molar-refractivity contribution >= 4 is 5.97 Å². The molecule has 1 saturated heterocycles. The van der Waals surface area contributed by atoms with Crippen LogP contribution in [0.15, 0.2) is 48.6 Å². The summed E-state index contributed by atoms with van der Waals surface area (Å²) >= 11 is 0. The van der Waals surface area contributed by atoms with E-state index < -0.39 is 11.2 Å². The minimum atomic E-state index is -0.715. The van der Waals surface area contributed by atoms with Gasteiger partial charge in [-0.15, -0.1) is 0 Å². The third-order valence-electron chi connectivity index (χ3n) is 5.45. The fourth-order valence-corrected chi connectivity index (χ4v) is 3.15. The van der Waals surface area contributed by atoms with E-state index in [0.29, 0.717) is 25.7 Å². The molecule has 182 valence electrons. The molecular weight excluding hydrogens is 400 g/mol. The zero-order valence-corrected chi connectivity index (χ0v) is 21.1. The minimum Gasteiger partial charge on any atom is -0.465 e. The Kier molecular flexibility index (Phi) is 14.2. The Hall–Kier alpha value is -1.65. The molecule has 0 saturated carbocycles. The van der Waals surface area contributed by atoms with Gasteiger partial charge in [0.2, 0.25) is 0 Å². The standard InChI is InChI=1S/C28H46O4/c1-6-7-8-14-17-20-25(2)21-18-15-12-10-9-11-13-16-19-22-30-26(29)28(5)23-31-27(3,4)32-24-28/h10-13,17-18,20-21,25H,6-9,14-16,19,22-24H2,1-5H3/b12-10-,13-11-,20-17-,21-18-/t25-/m0/s1. The number of unbranched alkanes of at least 4 members (excludes halogenated alkanes) is 4. The smallest absolute Gasteiger partial charge is 0.316 e. The number of hydrogen-bond donors (Lipinski definition) is 0. The monoisotopic (exact) mass is 446 g/mol. The van der Waals surface area contributed by atoms with Crippen LogP contribution in [0.1, 0.15) is 86.0 Å². The Balaban J connectivity index is 2.05. The van der Waals surface area contributed by atoms with Crippen molar-refractivity contribution in [1.29, 1.82) is 0 Å². The van der Waals surface area contributed by atoms with Crippen molar-refractivity contribution in [1.82, 2.24) is 0 Å². The summed E-state index contributed by atoms with van der Waals surface area (Å²) in [5.41, 5.74) is -0.715. The van der Waals surface area contributed by atoms with Gasteiger partial charge >= 0.3 is 5.97 Å². The van der Waals surface area contributed by atoms with Gasteiger partial charge in [-0.05, 0) is 65.2 Å². The lowest BCUT2D eigenvalue weighted by Gasteiger charge is -2.39. The van der Waals surface area contributed by atoms with Gasteiger partial charge in [-0.1, -0.05) is 75.3 Å². The number of allylic oxidation sites excluding steroid dienone is 8. The minimum absolute atomic E-state index is 0.241. The van der Waals surface area contributed by atoms with Gasteiger partial charge in [0.25, 0.3) is 0 Å². The predicted octanol–water partition coefficient (Wildman–Crippen LogP) is 7.32. The van der Waals surface area contributed by atoms with Crippen molar-refractivity contribution in [3.63, 3.8) is 0 Å². The molecule has 4 nitrogen and oxygen atoms in total. The molecule has 0 radical (unpaired) electrons. The highest BCUT2D eigenvalue weighted by Gasteiger charge is 2.43. The predicted molar refractivity (Wildman–Crippen MR) is 133 cm³/mol. The Morgan fingerprint density at radius 2 is 1.47 bits per heavy atom. The van der Waals surface area contributed by atoms with Crippen LogP contribution in [-0.4, -0.2) is 31.6 Å². The van der Waals surface area contributed by atoms with Crippen molar-refractivity contribution in [3.8, 4) is 0 Å². The van der Waals surface area contributed by atoms with E-state index in [9.17, 15) is 4.79 Å². The molecular formula is C28H46O4. The molecule has 0 N–H and O–H groups in total. The summed E-state index contributed by atoms with van der Waals surface area (Å²) in [4.78, 5) is 12.3. The van der Waals surface area contributed by atoms with Crippen molar-refractivity contribution in [2.75, 3.05) is 19.8 Å². The average molecular weight is 447 g/mol. The van der Waals surface area contributed by atoms with Crippen LogP contribution in [-0.2, 0) is 19.0 Å². The maximum Gasteiger partial charge on any atom is 0.316 e. The second-order valence-electron chi connectivity index (χ2n) is 9.44. The molecule has 1 atom stereocenters. The molecule has 0 aromatic carbocycles. The molecule has 0 bridgehead atoms. The highest BCUT2D eigenvalue weighted by Crippen LogP contribution is 2.30. The summed E-state index contributed by atoms with van der Waals surface area (Å²) in [7, 11) is 0. The van der Waals surface area contributed by atoms with Gasteiger partial charge in [-0.25, -0.2) is 0 Å². The molecule has 1 rings (SSSR count). The fourth-order valence-electron chi connectivity index (χ4n) is 3.15. The quantitative estimate of drug-likeness (QED) is 0.150. The first-order valence-corrected chi connectivity index (χ1v) is 12.4. The van der Waals surface area contributed by atoms with Crippen molar-refractivity contribution in [2.24, 2.45) is 11.3 Å². The molecule has 32 heavy (non-hydrogen) atoms. The van der Waals surface area contributed by atoms with Crippen LogP contribution in [0.25, 0.3) is 0 Å². The van der Waals surface area contributed by atoms with E-state index in [1.54, 1.807) is 0 Å². The highest BCUT2D eigenvalue weighted by molar-refractivity contribution is 5.76. The topological polar surface area (TPSA) is 44.8 Å². The first-order chi connectivity index (χ1) is 15.3. The average Bonchev–Trinajstić information content (AvgIpc) is 2.76. The van der Waals surface area contributed by atoms with Crippen LogP contribution >= 0.6 is 0 Å². The van der Waals surface area contributed by atoms with Crippen LogP contribution in [0, 0.1) is 11.3 Å². The van der Waals surface area contributed by atoms with E-state index in [1.807, 2.05) is 20.8 Å². The first-order valence-electron chi connectivity index (χ1n) is 12.4. The van der Waals surface area contributed by atoms with Crippen LogP contribution < -0.4 is 0 Å². The SMILES string of the molecule is CCCCC/C=C\[C@H](C)/C=C\C/C=C\C/C=C\CCCOC(=O)C1(C)COC(C)(C)OC1. The van der Waals surface area contributed by atoms with Crippen molar-refractivity contribution < 1.29 is 19.0 Å². The maximum atomic E-state index is 12.3. The summed E-state index contributed by atoms with van der Waals surface area (Å²) < 4.78 is 16.6. The van der Waals surface area contributed by atoms with Crippen molar-refractivity contribution in [3.05, 3.63) is 48.6 Å². The van der Waals surface area contributed by atoms with Crippen molar-refractivity contribution in [2.45, 2.75) is 91.8 Å². The van der Waals surface area contributed by atoms with Gasteiger partial charge in [0, 0.05) is 0 Å². The molecule has 0 amide bonds. The van der Waals surface area contributed by atoms with Gasteiger partial charge < -0.3 is 14.2 Å². The molecule has 0 spiro atoms. The number of carbonyl (C=O) groups is 1. The summed E-state index contributed by atoms with van der Waals surface area (Å²) in [5, 5.41) is 0. The van der Waals surface area contributed by atoms with E-state index in [2.05, 4.69) is 62.5 Å². The largest absolute Gasteiger partial charge is 0.465 e. The Morgan fingerprint density at radius 3 is 2.16 bits per heavy atom. The van der Waals surface area contributed by atoms with E-state index in [4.69, 9.17) is 14.2 Å². The van der Waals surface area contributed by atoms with E-state index in [0.717, 1.165) is 25.7 Å². The van der Waals surface area contributed by atoms with Crippen LogP contribution in [0.5, 0.6) is 0 Å². The lowest BCUT2D eigenvalue weighted by Crippen LogP contribution is -2.49. The lowest BCUT2D eigenvalue weighted by molar-refractivity contribution is -0.281. The lowest BCUT2D eigenvalue weighted by atomic mass is 9.92. The number of ether oxygens (including phenoxy) is 3. The summed E-state index contributed by atoms with van der Waals surface area (Å²) in [6.07, 6.45) is 26.6. The van der Waals surface area contributed by atoms with Gasteiger partial charge in [0.1, 0.15) is 5.41 Å². The molecule has 0 aromatic heterocycles. The molecule has 4 heteroatoms. The summed E-state index contributed by atoms with van der Waals surface area (Å²) in [6.45, 7) is 11.1. The molecule has 1 heterocycles. The van der Waals surface area contributed by atoms with Crippen LogP contribution in [0.3, 0.4) is 0 Å². The second kappa shape index (κ2) is 16.0. The van der Waals surface area contributed by atoms with Gasteiger partial charge in [0.05, 0.1) is 19.8 Å². The normalized spacial score (nSPS) is 19.4. The number of hydrogen-bond acceptors (Lipinski definition) is 4.